The second-order valence-corrected chi connectivity index (χ2v) is 12.5. The number of hydrogen-bond acceptors (Lipinski definition) is 6. The van der Waals surface area contributed by atoms with Crippen molar-refractivity contribution in [2.24, 2.45) is 5.73 Å². The molecule has 3 amide bonds. The van der Waals surface area contributed by atoms with Crippen molar-refractivity contribution in [1.29, 1.82) is 0 Å². The van der Waals surface area contributed by atoms with Gasteiger partial charge in [-0.15, -0.1) is 0 Å². The number of halogens is 1. The van der Waals surface area contributed by atoms with Crippen LogP contribution in [0.25, 0.3) is 0 Å². The van der Waals surface area contributed by atoms with Crippen LogP contribution in [0.3, 0.4) is 0 Å². The maximum atomic E-state index is 14.5. The Kier molecular flexibility index (Phi) is 11.8. The number of nitrogens with zero attached hydrogens (tertiary/aromatic N) is 3. The molecule has 0 aliphatic rings. The predicted octanol–water partition coefficient (Wildman–Crippen LogP) is 6.07. The van der Waals surface area contributed by atoms with Gasteiger partial charge in [-0.2, -0.15) is 0 Å². The fraction of sp³-hybridized carbons (Fsp3) is 0.429. The molecule has 1 heterocycles. The molecule has 0 saturated carbocycles. The summed E-state index contributed by atoms with van der Waals surface area (Å²) in [5.41, 5.74) is 7.08. The number of hydrogen-bond donors (Lipinski definition) is 1. The topological polar surface area (TPSA) is 106 Å². The molecule has 0 bridgehead atoms. The summed E-state index contributed by atoms with van der Waals surface area (Å²) in [5.74, 6) is -2.89. The van der Waals surface area contributed by atoms with Crippen molar-refractivity contribution in [1.82, 2.24) is 14.8 Å². The van der Waals surface area contributed by atoms with E-state index >= 15 is 0 Å². The third-order valence-electron chi connectivity index (χ3n) is 7.28. The molecule has 0 radical (unpaired) electrons. The highest BCUT2D eigenvalue weighted by Crippen LogP contribution is 2.37. The molecule has 2 aromatic carbocycles. The highest BCUT2D eigenvalue weighted by atomic mass is 19.1. The zero-order valence-electron chi connectivity index (χ0n) is 26.7. The standard InChI is InChI=1S/C35H45FN4O4/c1-23(2)40(24(3)4)33(42)31(27-17-13-19-38-21-27)28(25-14-9-8-10-15-25)22-39(34(43)44-35(5,6)7)32(41)30(37)20-26-16-11-12-18-29(26)36/h8-19,21,23-24,28,30-31H,20,22,37H2,1-7H3/t28?,30-,31?/m0/s1. The first-order chi connectivity index (χ1) is 20.7. The van der Waals surface area contributed by atoms with Crippen LogP contribution in [0.4, 0.5) is 9.18 Å². The highest BCUT2D eigenvalue weighted by Gasteiger charge is 2.40. The number of carbonyl (C=O) groups excluding carboxylic acids is 3. The van der Waals surface area contributed by atoms with Gasteiger partial charge in [0.25, 0.3) is 0 Å². The normalized spacial score (nSPS) is 13.7. The van der Waals surface area contributed by atoms with Gasteiger partial charge in [0.1, 0.15) is 11.4 Å². The fourth-order valence-corrected chi connectivity index (χ4v) is 5.43. The molecule has 0 aliphatic carbocycles. The van der Waals surface area contributed by atoms with Crippen LogP contribution in [0.15, 0.2) is 79.1 Å². The lowest BCUT2D eigenvalue weighted by Gasteiger charge is -2.38. The Labute approximate surface area is 260 Å². The van der Waals surface area contributed by atoms with Crippen LogP contribution in [0.2, 0.25) is 0 Å². The number of aromatic nitrogens is 1. The van der Waals surface area contributed by atoms with E-state index in [4.69, 9.17) is 10.5 Å². The van der Waals surface area contributed by atoms with Crippen molar-refractivity contribution < 1.29 is 23.5 Å². The largest absolute Gasteiger partial charge is 0.443 e. The first kappa shape index (κ1) is 34.4. The Morgan fingerprint density at radius 2 is 1.45 bits per heavy atom. The number of carbonyl (C=O) groups is 3. The minimum absolute atomic E-state index is 0.115. The summed E-state index contributed by atoms with van der Waals surface area (Å²) >= 11 is 0. The minimum Gasteiger partial charge on any atom is -0.443 e. The summed E-state index contributed by atoms with van der Waals surface area (Å²) in [5, 5.41) is 0. The fourth-order valence-electron chi connectivity index (χ4n) is 5.43. The molecular formula is C35H45FN4O4. The molecule has 1 aromatic heterocycles. The molecule has 0 aliphatic heterocycles. The van der Waals surface area contributed by atoms with Crippen molar-refractivity contribution in [2.75, 3.05) is 6.54 Å². The number of imide groups is 1. The Morgan fingerprint density at radius 3 is 2.00 bits per heavy atom. The van der Waals surface area contributed by atoms with Gasteiger partial charge in [-0.3, -0.25) is 14.6 Å². The molecule has 0 saturated heterocycles. The minimum atomic E-state index is -1.24. The van der Waals surface area contributed by atoms with Gasteiger partial charge in [0.2, 0.25) is 11.8 Å². The molecule has 8 nitrogen and oxygen atoms in total. The second kappa shape index (κ2) is 15.1. The lowest BCUT2D eigenvalue weighted by molar-refractivity contribution is -0.138. The van der Waals surface area contributed by atoms with Crippen molar-refractivity contribution in [3.63, 3.8) is 0 Å². The van der Waals surface area contributed by atoms with E-state index in [0.29, 0.717) is 5.56 Å². The molecular weight excluding hydrogens is 559 g/mol. The van der Waals surface area contributed by atoms with Crippen LogP contribution in [0.1, 0.15) is 77.0 Å². The SMILES string of the molecule is CC(C)N(C(=O)C(c1cccnc1)C(CN(C(=O)OC(C)(C)C)C(=O)[C@@H](N)Cc1ccccc1F)c1ccccc1)C(C)C. The number of amides is 3. The Balaban J connectivity index is 2.16. The van der Waals surface area contributed by atoms with Crippen LogP contribution in [-0.4, -0.2) is 63.0 Å². The summed E-state index contributed by atoms with van der Waals surface area (Å²) in [4.78, 5) is 49.3. The van der Waals surface area contributed by atoms with E-state index in [0.717, 1.165) is 10.5 Å². The first-order valence-electron chi connectivity index (χ1n) is 15.0. The summed E-state index contributed by atoms with van der Waals surface area (Å²) in [7, 11) is 0. The highest BCUT2D eigenvalue weighted by molar-refractivity contribution is 5.95. The Morgan fingerprint density at radius 1 is 0.864 bits per heavy atom. The van der Waals surface area contributed by atoms with Crippen LogP contribution in [-0.2, 0) is 20.7 Å². The number of pyridine rings is 1. The molecule has 236 valence electrons. The van der Waals surface area contributed by atoms with Gasteiger partial charge in [-0.25, -0.2) is 14.1 Å². The monoisotopic (exact) mass is 604 g/mol. The molecule has 2 N–H and O–H groups in total. The predicted molar refractivity (Wildman–Crippen MR) is 169 cm³/mol. The van der Waals surface area contributed by atoms with Gasteiger partial charge < -0.3 is 15.4 Å². The van der Waals surface area contributed by atoms with Crippen molar-refractivity contribution in [3.05, 3.63) is 102 Å². The third kappa shape index (κ3) is 8.95. The second-order valence-electron chi connectivity index (χ2n) is 12.5. The van der Waals surface area contributed by atoms with Crippen LogP contribution >= 0.6 is 0 Å². The van der Waals surface area contributed by atoms with Gasteiger partial charge in [0.15, 0.2) is 0 Å². The molecule has 44 heavy (non-hydrogen) atoms. The Hall–Kier alpha value is -4.11. The maximum Gasteiger partial charge on any atom is 0.417 e. The number of nitrogens with two attached hydrogens (primary N) is 1. The van der Waals surface area contributed by atoms with E-state index in [1.54, 1.807) is 62.3 Å². The summed E-state index contributed by atoms with van der Waals surface area (Å²) in [6.45, 7) is 12.7. The quantitative estimate of drug-likeness (QED) is 0.285. The lowest BCUT2D eigenvalue weighted by Crippen LogP contribution is -2.52. The van der Waals surface area contributed by atoms with Gasteiger partial charge in [-0.05, 0) is 83.7 Å². The van der Waals surface area contributed by atoms with E-state index in [1.807, 2.05) is 64.1 Å². The smallest absolute Gasteiger partial charge is 0.417 e. The molecule has 0 spiro atoms. The number of rotatable bonds is 11. The van der Waals surface area contributed by atoms with Gasteiger partial charge in [0, 0.05) is 36.9 Å². The first-order valence-corrected chi connectivity index (χ1v) is 15.0. The average Bonchev–Trinajstić information content (AvgIpc) is 2.95. The molecule has 3 rings (SSSR count). The van der Waals surface area contributed by atoms with E-state index in [2.05, 4.69) is 4.98 Å². The number of ether oxygens (including phenoxy) is 1. The van der Waals surface area contributed by atoms with Crippen LogP contribution in [0.5, 0.6) is 0 Å². The zero-order chi connectivity index (χ0) is 32.6. The van der Waals surface area contributed by atoms with Gasteiger partial charge in [-0.1, -0.05) is 54.6 Å². The van der Waals surface area contributed by atoms with Gasteiger partial charge >= 0.3 is 6.09 Å². The van der Waals surface area contributed by atoms with Crippen LogP contribution in [0, 0.1) is 5.82 Å². The van der Waals surface area contributed by atoms with Crippen LogP contribution < -0.4 is 5.73 Å². The molecule has 3 aromatic rings. The number of benzene rings is 2. The van der Waals surface area contributed by atoms with Crippen molar-refractivity contribution in [3.8, 4) is 0 Å². The molecule has 2 unspecified atom stereocenters. The average molecular weight is 605 g/mol. The summed E-state index contributed by atoms with van der Waals surface area (Å²) in [6, 6.07) is 17.5. The van der Waals surface area contributed by atoms with Crippen molar-refractivity contribution in [2.45, 2.75) is 90.4 Å². The Bertz CT molecular complexity index is 1380. The third-order valence-corrected chi connectivity index (χ3v) is 7.28. The van der Waals surface area contributed by atoms with E-state index in [1.165, 1.54) is 6.07 Å². The zero-order valence-corrected chi connectivity index (χ0v) is 26.7. The van der Waals surface area contributed by atoms with Crippen molar-refractivity contribution >= 4 is 17.9 Å². The van der Waals surface area contributed by atoms with E-state index in [9.17, 15) is 18.8 Å². The summed E-state index contributed by atoms with van der Waals surface area (Å²) in [6.07, 6.45) is 2.25. The lowest BCUT2D eigenvalue weighted by atomic mass is 9.80. The van der Waals surface area contributed by atoms with E-state index < -0.39 is 41.3 Å². The maximum absolute atomic E-state index is 14.5. The molecule has 3 atom stereocenters. The molecule has 9 heteroatoms. The summed E-state index contributed by atoms with van der Waals surface area (Å²) < 4.78 is 20.2. The molecule has 0 fully saturated rings. The van der Waals surface area contributed by atoms with Gasteiger partial charge in [0.05, 0.1) is 12.0 Å². The van der Waals surface area contributed by atoms with E-state index in [-0.39, 0.29) is 36.5 Å².